The third-order valence-corrected chi connectivity index (χ3v) is 4.01. The molecule has 0 aliphatic carbocycles. The Morgan fingerprint density at radius 1 is 0.967 bits per heavy atom. The molecule has 0 heterocycles. The van der Waals surface area contributed by atoms with Crippen LogP contribution in [0.15, 0.2) is 47.6 Å². The van der Waals surface area contributed by atoms with Gasteiger partial charge in [0.25, 0.3) is 0 Å². The average molecular weight is 433 g/mol. The molecule has 3 amide bonds. The highest BCUT2D eigenvalue weighted by molar-refractivity contribution is 6.39. The standard InChI is InChI=1S/C20H21ClN4O5/c1-12(10-18(26)22-14-6-4-13(21)5-7-14)24-25-20(28)19(27)23-16-9-8-15(29-2)11-17(16)30-3/h4-9,11H,10H2,1-3H3,(H,22,26)(H,23,27)(H,25,28)/b24-12+. The van der Waals surface area contributed by atoms with Crippen LogP contribution in [0.25, 0.3) is 0 Å². The summed E-state index contributed by atoms with van der Waals surface area (Å²) in [6.07, 6.45) is -0.0726. The van der Waals surface area contributed by atoms with Gasteiger partial charge >= 0.3 is 11.8 Å². The average Bonchev–Trinajstić information content (AvgIpc) is 2.73. The summed E-state index contributed by atoms with van der Waals surface area (Å²) in [4.78, 5) is 36.1. The number of ether oxygens (including phenoxy) is 2. The molecule has 2 aromatic carbocycles. The van der Waals surface area contributed by atoms with Crippen LogP contribution in [-0.2, 0) is 14.4 Å². The summed E-state index contributed by atoms with van der Waals surface area (Å²) >= 11 is 5.79. The topological polar surface area (TPSA) is 118 Å². The van der Waals surface area contributed by atoms with Crippen molar-refractivity contribution < 1.29 is 23.9 Å². The van der Waals surface area contributed by atoms with Gasteiger partial charge in [-0.3, -0.25) is 14.4 Å². The van der Waals surface area contributed by atoms with Crippen molar-refractivity contribution in [1.82, 2.24) is 5.43 Å². The number of rotatable bonds is 7. The summed E-state index contributed by atoms with van der Waals surface area (Å²) in [5.41, 5.74) is 3.29. The smallest absolute Gasteiger partial charge is 0.329 e. The van der Waals surface area contributed by atoms with Crippen LogP contribution >= 0.6 is 11.6 Å². The number of nitrogens with zero attached hydrogens (tertiary/aromatic N) is 1. The lowest BCUT2D eigenvalue weighted by atomic mass is 10.2. The highest BCUT2D eigenvalue weighted by Crippen LogP contribution is 2.28. The highest BCUT2D eigenvalue weighted by atomic mass is 35.5. The van der Waals surface area contributed by atoms with Crippen molar-refractivity contribution in [3.63, 3.8) is 0 Å². The fourth-order valence-corrected chi connectivity index (χ4v) is 2.41. The molecule has 0 aliphatic heterocycles. The SMILES string of the molecule is COc1ccc(NC(=O)C(=O)N/N=C(\C)CC(=O)Nc2ccc(Cl)cc2)c(OC)c1. The number of carbonyl (C=O) groups is 3. The van der Waals surface area contributed by atoms with E-state index in [-0.39, 0.29) is 12.3 Å². The highest BCUT2D eigenvalue weighted by Gasteiger charge is 2.16. The van der Waals surface area contributed by atoms with Gasteiger partial charge in [0.2, 0.25) is 5.91 Å². The van der Waals surface area contributed by atoms with Crippen molar-refractivity contribution in [3.05, 3.63) is 47.5 Å². The molecule has 0 atom stereocenters. The normalized spacial score (nSPS) is 10.7. The first-order chi connectivity index (χ1) is 14.3. The maximum absolute atomic E-state index is 12.1. The van der Waals surface area contributed by atoms with Gasteiger partial charge in [0.15, 0.2) is 0 Å². The molecule has 0 unspecified atom stereocenters. The van der Waals surface area contributed by atoms with E-state index in [2.05, 4.69) is 21.2 Å². The number of benzene rings is 2. The van der Waals surface area contributed by atoms with Crippen molar-refractivity contribution in [2.75, 3.05) is 24.9 Å². The van der Waals surface area contributed by atoms with E-state index >= 15 is 0 Å². The number of hydrogen-bond acceptors (Lipinski definition) is 6. The lowest BCUT2D eigenvalue weighted by molar-refractivity contribution is -0.136. The van der Waals surface area contributed by atoms with Gasteiger partial charge in [-0.05, 0) is 43.3 Å². The number of amides is 3. The summed E-state index contributed by atoms with van der Waals surface area (Å²) in [6.45, 7) is 1.55. The number of hydrogen-bond donors (Lipinski definition) is 3. The van der Waals surface area contributed by atoms with E-state index < -0.39 is 11.8 Å². The summed E-state index contributed by atoms with van der Waals surface area (Å²) < 4.78 is 10.2. The molecular formula is C20H21ClN4O5. The minimum absolute atomic E-state index is 0.0726. The summed E-state index contributed by atoms with van der Waals surface area (Å²) in [7, 11) is 2.92. The Hall–Kier alpha value is -3.59. The minimum atomic E-state index is -0.995. The van der Waals surface area contributed by atoms with E-state index in [1.807, 2.05) is 0 Å². The predicted octanol–water partition coefficient (Wildman–Crippen LogP) is 2.82. The number of carbonyl (C=O) groups excluding carboxylic acids is 3. The van der Waals surface area contributed by atoms with Gasteiger partial charge in [-0.25, -0.2) is 5.43 Å². The van der Waals surface area contributed by atoms with Gasteiger partial charge in [0.1, 0.15) is 11.5 Å². The number of halogens is 1. The van der Waals surface area contributed by atoms with Crippen LogP contribution in [0.3, 0.4) is 0 Å². The Morgan fingerprint density at radius 3 is 2.30 bits per heavy atom. The number of nitrogens with one attached hydrogen (secondary N) is 3. The molecule has 0 bridgehead atoms. The van der Waals surface area contributed by atoms with Crippen LogP contribution in [-0.4, -0.2) is 37.7 Å². The van der Waals surface area contributed by atoms with Gasteiger partial charge in [0.05, 0.1) is 26.3 Å². The van der Waals surface area contributed by atoms with E-state index in [1.165, 1.54) is 14.2 Å². The van der Waals surface area contributed by atoms with E-state index in [1.54, 1.807) is 49.4 Å². The van der Waals surface area contributed by atoms with Crippen LogP contribution in [0.2, 0.25) is 5.02 Å². The molecule has 2 aromatic rings. The lowest BCUT2D eigenvalue weighted by Gasteiger charge is -2.11. The Kier molecular flexibility index (Phi) is 8.18. The first-order valence-corrected chi connectivity index (χ1v) is 9.12. The predicted molar refractivity (Wildman–Crippen MR) is 114 cm³/mol. The van der Waals surface area contributed by atoms with Crippen LogP contribution in [0.1, 0.15) is 13.3 Å². The van der Waals surface area contributed by atoms with Crippen molar-refractivity contribution in [1.29, 1.82) is 0 Å². The van der Waals surface area contributed by atoms with E-state index in [0.717, 1.165) is 0 Å². The van der Waals surface area contributed by atoms with Crippen molar-refractivity contribution in [3.8, 4) is 11.5 Å². The first kappa shape index (κ1) is 22.7. The minimum Gasteiger partial charge on any atom is -0.497 e. The molecule has 0 aliphatic rings. The summed E-state index contributed by atoms with van der Waals surface area (Å²) in [6, 6.07) is 11.3. The van der Waals surface area contributed by atoms with Crippen LogP contribution in [0.5, 0.6) is 11.5 Å². The molecule has 0 saturated carbocycles. The molecule has 0 aromatic heterocycles. The van der Waals surface area contributed by atoms with E-state index in [9.17, 15) is 14.4 Å². The number of anilines is 2. The zero-order valence-electron chi connectivity index (χ0n) is 16.6. The lowest BCUT2D eigenvalue weighted by Crippen LogP contribution is -2.33. The van der Waals surface area contributed by atoms with Gasteiger partial charge in [0, 0.05) is 22.5 Å². The fraction of sp³-hybridized carbons (Fsp3) is 0.200. The van der Waals surface area contributed by atoms with Gasteiger partial charge in [-0.2, -0.15) is 5.10 Å². The van der Waals surface area contributed by atoms with Gasteiger partial charge in [-0.15, -0.1) is 0 Å². The Labute approximate surface area is 178 Å². The van der Waals surface area contributed by atoms with Crippen molar-refractivity contribution >= 4 is 46.4 Å². The van der Waals surface area contributed by atoms with Crippen molar-refractivity contribution in [2.24, 2.45) is 5.10 Å². The fourth-order valence-electron chi connectivity index (χ4n) is 2.29. The van der Waals surface area contributed by atoms with Crippen molar-refractivity contribution in [2.45, 2.75) is 13.3 Å². The zero-order chi connectivity index (χ0) is 22.1. The van der Waals surface area contributed by atoms with Gasteiger partial charge < -0.3 is 20.1 Å². The third kappa shape index (κ3) is 6.78. The molecule has 0 radical (unpaired) electrons. The molecule has 9 nitrogen and oxygen atoms in total. The molecular weight excluding hydrogens is 412 g/mol. The summed E-state index contributed by atoms with van der Waals surface area (Å²) in [5.74, 6) is -1.41. The van der Waals surface area contributed by atoms with Gasteiger partial charge in [-0.1, -0.05) is 11.6 Å². The van der Waals surface area contributed by atoms with E-state index in [0.29, 0.717) is 33.6 Å². The second-order valence-corrected chi connectivity index (χ2v) is 6.48. The van der Waals surface area contributed by atoms with Crippen LogP contribution < -0.4 is 25.5 Å². The maximum atomic E-state index is 12.1. The second kappa shape index (κ2) is 10.8. The third-order valence-electron chi connectivity index (χ3n) is 3.76. The number of hydrazone groups is 1. The quantitative estimate of drug-likeness (QED) is 0.353. The first-order valence-electron chi connectivity index (χ1n) is 8.74. The van der Waals surface area contributed by atoms with Crippen LogP contribution in [0.4, 0.5) is 11.4 Å². The second-order valence-electron chi connectivity index (χ2n) is 6.04. The summed E-state index contributed by atoms with van der Waals surface area (Å²) in [5, 5.41) is 9.42. The largest absolute Gasteiger partial charge is 0.497 e. The van der Waals surface area contributed by atoms with E-state index in [4.69, 9.17) is 21.1 Å². The Balaban J connectivity index is 1.88. The number of methoxy groups -OCH3 is 2. The molecule has 10 heteroatoms. The molecule has 158 valence electrons. The molecule has 0 spiro atoms. The molecule has 30 heavy (non-hydrogen) atoms. The maximum Gasteiger partial charge on any atom is 0.329 e. The Bertz CT molecular complexity index is 960. The molecule has 3 N–H and O–H groups in total. The molecule has 2 rings (SSSR count). The molecule has 0 saturated heterocycles. The Morgan fingerprint density at radius 2 is 1.67 bits per heavy atom. The zero-order valence-corrected chi connectivity index (χ0v) is 17.4. The monoisotopic (exact) mass is 432 g/mol. The van der Waals surface area contributed by atoms with Crippen LogP contribution in [0, 0.1) is 0 Å². The molecule has 0 fully saturated rings.